The van der Waals surface area contributed by atoms with E-state index in [0.29, 0.717) is 38.3 Å². The summed E-state index contributed by atoms with van der Waals surface area (Å²) >= 11 is 0. The van der Waals surface area contributed by atoms with E-state index in [0.717, 1.165) is 30.3 Å². The lowest BCUT2D eigenvalue weighted by Crippen LogP contribution is -2.51. The molecule has 8 heteroatoms. The summed E-state index contributed by atoms with van der Waals surface area (Å²) in [6, 6.07) is 9.62. The highest BCUT2D eigenvalue weighted by Crippen LogP contribution is 2.18. The molecular formula is C21H25N7O. The Morgan fingerprint density at radius 1 is 1.00 bits per heavy atom. The summed E-state index contributed by atoms with van der Waals surface area (Å²) in [6.07, 6.45) is 5.95. The molecular weight excluding hydrogens is 366 g/mol. The topological polar surface area (TPSA) is 88.4 Å². The Balaban J connectivity index is 1.25. The number of nitriles is 1. The van der Waals surface area contributed by atoms with E-state index in [1.165, 1.54) is 12.8 Å². The molecule has 1 N–H and O–H groups in total. The molecule has 2 fully saturated rings. The molecule has 0 radical (unpaired) electrons. The number of carbonyl (C=O) groups is 1. The van der Waals surface area contributed by atoms with Gasteiger partial charge in [-0.05, 0) is 36.6 Å². The van der Waals surface area contributed by atoms with Gasteiger partial charge in [-0.1, -0.05) is 6.07 Å². The molecule has 2 aliphatic rings. The van der Waals surface area contributed by atoms with Crippen molar-refractivity contribution in [2.24, 2.45) is 0 Å². The highest BCUT2D eigenvalue weighted by molar-refractivity contribution is 5.74. The van der Waals surface area contributed by atoms with Crippen molar-refractivity contribution >= 4 is 17.7 Å². The number of hydrogen-bond acceptors (Lipinski definition) is 6. The molecule has 0 aliphatic carbocycles. The molecule has 4 rings (SSSR count). The average Bonchev–Trinajstić information content (AvgIpc) is 3.33. The lowest BCUT2D eigenvalue weighted by Gasteiger charge is -2.35. The molecule has 29 heavy (non-hydrogen) atoms. The van der Waals surface area contributed by atoms with Gasteiger partial charge < -0.3 is 20.0 Å². The largest absolute Gasteiger partial charge is 0.357 e. The normalized spacial score (nSPS) is 16.6. The molecule has 2 aromatic heterocycles. The number of hydrogen-bond donors (Lipinski definition) is 1. The second-order valence-electron chi connectivity index (χ2n) is 7.37. The molecule has 0 spiro atoms. The van der Waals surface area contributed by atoms with E-state index >= 15 is 0 Å². The third kappa shape index (κ3) is 4.57. The highest BCUT2D eigenvalue weighted by atomic mass is 16.2. The van der Waals surface area contributed by atoms with Crippen molar-refractivity contribution in [2.75, 3.05) is 49.1 Å². The van der Waals surface area contributed by atoms with Crippen LogP contribution in [0.2, 0.25) is 0 Å². The van der Waals surface area contributed by atoms with Gasteiger partial charge in [0, 0.05) is 58.2 Å². The predicted octanol–water partition coefficient (Wildman–Crippen LogP) is 1.98. The number of rotatable bonds is 4. The molecule has 0 unspecified atom stereocenters. The minimum absolute atomic E-state index is 0.0630. The Labute approximate surface area is 170 Å². The van der Waals surface area contributed by atoms with Gasteiger partial charge in [0.1, 0.15) is 11.6 Å². The summed E-state index contributed by atoms with van der Waals surface area (Å²) < 4.78 is 0. The summed E-state index contributed by atoms with van der Waals surface area (Å²) in [4.78, 5) is 27.6. The molecule has 150 valence electrons. The summed E-state index contributed by atoms with van der Waals surface area (Å²) in [5.74, 6) is 1.80. The Hall–Kier alpha value is -3.34. The molecule has 2 saturated heterocycles. The number of pyridine rings is 2. The number of piperazine rings is 1. The number of amides is 2. The fourth-order valence-corrected chi connectivity index (χ4v) is 3.74. The fourth-order valence-electron chi connectivity index (χ4n) is 3.74. The van der Waals surface area contributed by atoms with E-state index in [1.54, 1.807) is 18.3 Å². The van der Waals surface area contributed by atoms with Crippen LogP contribution in [0.25, 0.3) is 0 Å². The van der Waals surface area contributed by atoms with Crippen molar-refractivity contribution in [3.63, 3.8) is 0 Å². The van der Waals surface area contributed by atoms with Gasteiger partial charge in [-0.25, -0.2) is 14.8 Å². The zero-order valence-electron chi connectivity index (χ0n) is 16.4. The summed E-state index contributed by atoms with van der Waals surface area (Å²) in [5, 5.41) is 12.0. The van der Waals surface area contributed by atoms with E-state index in [1.807, 2.05) is 23.2 Å². The Morgan fingerprint density at radius 3 is 2.45 bits per heavy atom. The monoisotopic (exact) mass is 391 g/mol. The maximum Gasteiger partial charge on any atom is 0.317 e. The first-order chi connectivity index (χ1) is 14.2. The zero-order valence-corrected chi connectivity index (χ0v) is 16.4. The molecule has 2 aliphatic heterocycles. The van der Waals surface area contributed by atoms with Crippen molar-refractivity contribution < 1.29 is 4.79 Å². The van der Waals surface area contributed by atoms with Crippen LogP contribution in [0.3, 0.4) is 0 Å². The van der Waals surface area contributed by atoms with E-state index in [4.69, 9.17) is 5.26 Å². The van der Waals surface area contributed by atoms with Crippen molar-refractivity contribution in [3.05, 3.63) is 47.8 Å². The van der Waals surface area contributed by atoms with Crippen LogP contribution in [-0.4, -0.2) is 60.2 Å². The quantitative estimate of drug-likeness (QED) is 0.857. The van der Waals surface area contributed by atoms with Gasteiger partial charge in [0.2, 0.25) is 0 Å². The number of aromatic nitrogens is 2. The van der Waals surface area contributed by atoms with Gasteiger partial charge in [0.15, 0.2) is 0 Å². The molecule has 0 bridgehead atoms. The number of carbonyl (C=O) groups excluding carboxylic acids is 1. The molecule has 8 nitrogen and oxygen atoms in total. The van der Waals surface area contributed by atoms with Gasteiger partial charge in [-0.15, -0.1) is 0 Å². The van der Waals surface area contributed by atoms with Crippen molar-refractivity contribution in [3.8, 4) is 6.07 Å². The molecule has 0 aromatic carbocycles. The number of nitrogens with one attached hydrogen (secondary N) is 1. The number of nitrogens with zero attached hydrogens (tertiary/aromatic N) is 6. The SMILES string of the molecule is N#Cc1ccnc(N2CCN(C(=O)NCc3ccc(N4CCCC4)nc3)CC2)c1. The predicted molar refractivity (Wildman–Crippen MR) is 111 cm³/mol. The smallest absolute Gasteiger partial charge is 0.317 e. The van der Waals surface area contributed by atoms with Crippen molar-refractivity contribution in [1.29, 1.82) is 5.26 Å². The van der Waals surface area contributed by atoms with Crippen LogP contribution in [0.4, 0.5) is 16.4 Å². The zero-order chi connectivity index (χ0) is 20.1. The van der Waals surface area contributed by atoms with Crippen molar-refractivity contribution in [2.45, 2.75) is 19.4 Å². The minimum atomic E-state index is -0.0630. The second kappa shape index (κ2) is 8.78. The van der Waals surface area contributed by atoms with Crippen LogP contribution in [-0.2, 0) is 6.54 Å². The lowest BCUT2D eigenvalue weighted by molar-refractivity contribution is 0.194. The highest BCUT2D eigenvalue weighted by Gasteiger charge is 2.22. The number of anilines is 2. The second-order valence-corrected chi connectivity index (χ2v) is 7.37. The lowest BCUT2D eigenvalue weighted by atomic mass is 10.2. The third-order valence-electron chi connectivity index (χ3n) is 5.45. The van der Waals surface area contributed by atoms with Gasteiger partial charge in [0.25, 0.3) is 0 Å². The van der Waals surface area contributed by atoms with Crippen LogP contribution >= 0.6 is 0 Å². The maximum absolute atomic E-state index is 12.5. The summed E-state index contributed by atoms with van der Waals surface area (Å²) in [5.41, 5.74) is 1.59. The summed E-state index contributed by atoms with van der Waals surface area (Å²) in [6.45, 7) is 5.25. The van der Waals surface area contributed by atoms with Gasteiger partial charge in [-0.2, -0.15) is 5.26 Å². The van der Waals surface area contributed by atoms with Crippen LogP contribution in [0.15, 0.2) is 36.7 Å². The molecule has 0 saturated carbocycles. The Kier molecular flexibility index (Phi) is 5.75. The Bertz CT molecular complexity index is 879. The minimum Gasteiger partial charge on any atom is -0.357 e. The van der Waals surface area contributed by atoms with Gasteiger partial charge in [0.05, 0.1) is 11.6 Å². The van der Waals surface area contributed by atoms with Gasteiger partial charge >= 0.3 is 6.03 Å². The first kappa shape index (κ1) is 19.0. The Morgan fingerprint density at radius 2 is 1.76 bits per heavy atom. The van der Waals surface area contributed by atoms with Crippen LogP contribution in [0.5, 0.6) is 0 Å². The average molecular weight is 391 g/mol. The first-order valence-corrected chi connectivity index (χ1v) is 10.1. The van der Waals surface area contributed by atoms with Crippen molar-refractivity contribution in [1.82, 2.24) is 20.2 Å². The maximum atomic E-state index is 12.5. The number of urea groups is 1. The fraction of sp³-hybridized carbons (Fsp3) is 0.429. The van der Waals surface area contributed by atoms with E-state index < -0.39 is 0 Å². The van der Waals surface area contributed by atoms with E-state index in [2.05, 4.69) is 31.2 Å². The van der Waals surface area contributed by atoms with E-state index in [9.17, 15) is 4.79 Å². The standard InChI is InChI=1S/C21H25N7O/c22-14-17-5-6-23-20(13-17)27-9-11-28(12-10-27)21(29)25-16-18-3-4-19(24-15-18)26-7-1-2-8-26/h3-6,13,15H,1-2,7-12,16H2,(H,25,29). The third-order valence-corrected chi connectivity index (χ3v) is 5.45. The molecule has 4 heterocycles. The van der Waals surface area contributed by atoms with Crippen LogP contribution < -0.4 is 15.1 Å². The van der Waals surface area contributed by atoms with Crippen LogP contribution in [0.1, 0.15) is 24.0 Å². The molecule has 2 amide bonds. The van der Waals surface area contributed by atoms with Gasteiger partial charge in [-0.3, -0.25) is 0 Å². The first-order valence-electron chi connectivity index (χ1n) is 10.1. The molecule has 2 aromatic rings. The summed E-state index contributed by atoms with van der Waals surface area (Å²) in [7, 11) is 0. The van der Waals surface area contributed by atoms with E-state index in [-0.39, 0.29) is 6.03 Å². The van der Waals surface area contributed by atoms with Crippen LogP contribution in [0, 0.1) is 11.3 Å². The molecule has 0 atom stereocenters.